The number of hydrogen-bond acceptors (Lipinski definition) is 6. The maximum Gasteiger partial charge on any atom is 0.270 e. The molecule has 1 amide bonds. The molecule has 0 saturated heterocycles. The molecule has 0 aliphatic carbocycles. The largest absolute Gasteiger partial charge is 0.315 e. The number of hydrazone groups is 1. The van der Waals surface area contributed by atoms with Gasteiger partial charge in [0.15, 0.2) is 5.54 Å². The van der Waals surface area contributed by atoms with E-state index in [4.69, 9.17) is 0 Å². The van der Waals surface area contributed by atoms with Gasteiger partial charge in [0.25, 0.3) is 5.91 Å². The van der Waals surface area contributed by atoms with Crippen LogP contribution in [0.5, 0.6) is 0 Å². The molecule has 0 aromatic heterocycles. The molecule has 2 rings (SSSR count). The first-order valence-corrected chi connectivity index (χ1v) is 7.57. The Morgan fingerprint density at radius 1 is 1.29 bits per heavy atom. The van der Waals surface area contributed by atoms with Gasteiger partial charge in [-0.15, -0.1) is 0 Å². The van der Waals surface area contributed by atoms with Crippen molar-refractivity contribution in [3.63, 3.8) is 0 Å². The minimum Gasteiger partial charge on any atom is -0.315 e. The van der Waals surface area contributed by atoms with Crippen molar-refractivity contribution in [3.05, 3.63) is 29.8 Å². The quantitative estimate of drug-likeness (QED) is 0.650. The van der Waals surface area contributed by atoms with Crippen molar-refractivity contribution in [2.24, 2.45) is 5.10 Å². The molecule has 1 unspecified atom stereocenters. The third kappa shape index (κ3) is 2.44. The number of benzene rings is 1. The van der Waals surface area contributed by atoms with Crippen LogP contribution in [0.15, 0.2) is 34.3 Å². The average Bonchev–Trinajstić information content (AvgIpc) is 2.72. The molecule has 1 aliphatic rings. The molecule has 0 spiro atoms. The zero-order valence-electron chi connectivity index (χ0n) is 11.8. The molecule has 1 heterocycles. The Balaban J connectivity index is 2.44. The van der Waals surface area contributed by atoms with Crippen LogP contribution in [0, 0.1) is 0 Å². The molecule has 9 heteroatoms. The van der Waals surface area contributed by atoms with Crippen LogP contribution in [0.1, 0.15) is 12.5 Å². The number of sulfonamides is 1. The van der Waals surface area contributed by atoms with Gasteiger partial charge in [-0.1, -0.05) is 12.1 Å². The maximum absolute atomic E-state index is 12.0. The Kier molecular flexibility index (Phi) is 3.85. The first kappa shape index (κ1) is 15.6. The highest BCUT2D eigenvalue weighted by Crippen LogP contribution is 2.24. The molecule has 1 aromatic carbocycles. The number of carbonyl (C=O) groups is 1. The number of nitrogens with zero attached hydrogens (tertiary/aromatic N) is 2. The van der Waals surface area contributed by atoms with Crippen LogP contribution in [0.4, 0.5) is 0 Å². The fourth-order valence-corrected chi connectivity index (χ4v) is 2.81. The second-order valence-corrected chi connectivity index (χ2v) is 6.63. The Hall–Kier alpha value is -1.81. The predicted molar refractivity (Wildman–Crippen MR) is 75.3 cm³/mol. The van der Waals surface area contributed by atoms with Crippen molar-refractivity contribution in [2.45, 2.75) is 17.4 Å². The third-order valence-corrected chi connectivity index (χ3v) is 4.81. The van der Waals surface area contributed by atoms with Gasteiger partial charge in [0.05, 0.1) is 10.6 Å². The molecule has 0 fully saturated rings. The molecule has 0 bridgehead atoms. The fraction of sp³-hybridized carbons (Fsp3) is 0.333. The van der Waals surface area contributed by atoms with E-state index in [2.05, 4.69) is 9.82 Å². The summed E-state index contributed by atoms with van der Waals surface area (Å²) < 4.78 is 25.5. The summed E-state index contributed by atoms with van der Waals surface area (Å²) in [5, 5.41) is 14.5. The monoisotopic (exact) mass is 312 g/mol. The number of amides is 1. The van der Waals surface area contributed by atoms with E-state index in [1.54, 1.807) is 0 Å². The molecule has 0 saturated carbocycles. The van der Waals surface area contributed by atoms with Gasteiger partial charge in [0.2, 0.25) is 10.0 Å². The second-order valence-electron chi connectivity index (χ2n) is 4.75. The fourth-order valence-electron chi connectivity index (χ4n) is 2.08. The van der Waals surface area contributed by atoms with E-state index in [1.807, 2.05) is 5.48 Å². The van der Waals surface area contributed by atoms with Crippen molar-refractivity contribution >= 4 is 21.6 Å². The Labute approximate surface area is 122 Å². The lowest BCUT2D eigenvalue weighted by Crippen LogP contribution is -2.53. The number of carbonyl (C=O) groups excluding carboxylic acids is 1. The van der Waals surface area contributed by atoms with Gasteiger partial charge in [0, 0.05) is 12.6 Å². The lowest BCUT2D eigenvalue weighted by atomic mass is 9.91. The lowest BCUT2D eigenvalue weighted by molar-refractivity contribution is -0.134. The average molecular weight is 312 g/mol. The van der Waals surface area contributed by atoms with E-state index in [-0.39, 0.29) is 4.90 Å². The van der Waals surface area contributed by atoms with E-state index >= 15 is 0 Å². The molecular formula is C12H16N4O4S. The number of nitrogens with one attached hydrogen (secondary N) is 2. The summed E-state index contributed by atoms with van der Waals surface area (Å²) >= 11 is 0. The van der Waals surface area contributed by atoms with Gasteiger partial charge in [0.1, 0.15) is 0 Å². The van der Waals surface area contributed by atoms with Gasteiger partial charge in [-0.2, -0.15) is 10.6 Å². The molecule has 114 valence electrons. The van der Waals surface area contributed by atoms with E-state index in [0.29, 0.717) is 11.3 Å². The molecule has 1 atom stereocenters. The van der Waals surface area contributed by atoms with Gasteiger partial charge >= 0.3 is 0 Å². The van der Waals surface area contributed by atoms with Crippen molar-refractivity contribution in [1.82, 2.24) is 15.2 Å². The van der Waals surface area contributed by atoms with Gasteiger partial charge in [-0.3, -0.25) is 4.79 Å². The second kappa shape index (κ2) is 5.19. The van der Waals surface area contributed by atoms with Crippen LogP contribution in [0.3, 0.4) is 0 Å². The summed E-state index contributed by atoms with van der Waals surface area (Å²) in [5.74, 6) is -0.410. The maximum atomic E-state index is 12.0. The zero-order chi connectivity index (χ0) is 15.8. The van der Waals surface area contributed by atoms with Crippen LogP contribution in [0.2, 0.25) is 0 Å². The summed E-state index contributed by atoms with van der Waals surface area (Å²) in [6, 6.07) is 5.88. The van der Waals surface area contributed by atoms with Crippen molar-refractivity contribution in [1.29, 1.82) is 0 Å². The van der Waals surface area contributed by atoms with Gasteiger partial charge in [-0.25, -0.2) is 18.1 Å². The molecule has 0 radical (unpaired) electrons. The summed E-state index contributed by atoms with van der Waals surface area (Å²) in [7, 11) is -0.726. The van der Waals surface area contributed by atoms with Gasteiger partial charge < -0.3 is 5.21 Å². The topological polar surface area (TPSA) is 111 Å². The summed E-state index contributed by atoms with van der Waals surface area (Å²) in [6.45, 7) is 1.50. The molecule has 3 N–H and O–H groups in total. The Morgan fingerprint density at radius 2 is 1.86 bits per heavy atom. The van der Waals surface area contributed by atoms with Crippen molar-refractivity contribution < 1.29 is 18.4 Å². The van der Waals surface area contributed by atoms with E-state index in [9.17, 15) is 18.4 Å². The normalized spacial score (nSPS) is 22.6. The summed E-state index contributed by atoms with van der Waals surface area (Å²) in [4.78, 5) is 12.1. The molecule has 1 aromatic rings. The molecular weight excluding hydrogens is 296 g/mol. The molecule has 21 heavy (non-hydrogen) atoms. The van der Waals surface area contributed by atoms with E-state index in [0.717, 1.165) is 5.01 Å². The summed E-state index contributed by atoms with van der Waals surface area (Å²) in [5.41, 5.74) is 1.45. The lowest BCUT2D eigenvalue weighted by Gasteiger charge is -2.21. The molecule has 8 nitrogen and oxygen atoms in total. The van der Waals surface area contributed by atoms with Crippen LogP contribution in [-0.2, 0) is 14.8 Å². The van der Waals surface area contributed by atoms with E-state index in [1.165, 1.54) is 45.3 Å². The predicted octanol–water partition coefficient (Wildman–Crippen LogP) is -0.492. The minimum absolute atomic E-state index is 0.102. The van der Waals surface area contributed by atoms with Crippen LogP contribution < -0.4 is 10.2 Å². The highest BCUT2D eigenvalue weighted by molar-refractivity contribution is 7.89. The zero-order valence-corrected chi connectivity index (χ0v) is 12.6. The Bertz CT molecular complexity index is 698. The third-order valence-electron chi connectivity index (χ3n) is 3.38. The Morgan fingerprint density at radius 3 is 2.33 bits per heavy atom. The number of rotatable bonds is 4. The van der Waals surface area contributed by atoms with Crippen molar-refractivity contribution in [2.75, 3.05) is 14.1 Å². The van der Waals surface area contributed by atoms with Gasteiger partial charge in [-0.05, 0) is 26.1 Å². The van der Waals surface area contributed by atoms with Crippen LogP contribution in [-0.4, -0.2) is 49.9 Å². The number of hydrogen-bond donors (Lipinski definition) is 3. The van der Waals surface area contributed by atoms with Crippen molar-refractivity contribution in [3.8, 4) is 0 Å². The highest BCUT2D eigenvalue weighted by atomic mass is 32.2. The first-order chi connectivity index (χ1) is 9.76. The number of likely N-dealkylation sites (N-methyl/N-ethyl adjacent to an activating group) is 1. The first-order valence-electron chi connectivity index (χ1n) is 6.09. The van der Waals surface area contributed by atoms with Crippen LogP contribution >= 0.6 is 0 Å². The standard InChI is InChI=1S/C12H16N4O4S/c1-12(15-18)10(14-16(3)11(12)17)8-4-6-9(7-5-8)21(19,20)13-2/h4-7,13,15,18H,1-3H3. The minimum atomic E-state index is -3.53. The number of hydroxylamine groups is 1. The smallest absolute Gasteiger partial charge is 0.270 e. The highest BCUT2D eigenvalue weighted by Gasteiger charge is 2.46. The van der Waals surface area contributed by atoms with E-state index < -0.39 is 21.5 Å². The molecule has 1 aliphatic heterocycles. The SMILES string of the molecule is CNS(=O)(=O)c1ccc(C2=NN(C)C(=O)C2(C)NO)cc1. The summed E-state index contributed by atoms with van der Waals surface area (Å²) in [6.07, 6.45) is 0. The van der Waals surface area contributed by atoms with Crippen LogP contribution in [0.25, 0.3) is 0 Å².